The van der Waals surface area contributed by atoms with E-state index in [4.69, 9.17) is 5.73 Å². The molecular formula is C14H20FN. The third-order valence-corrected chi connectivity index (χ3v) is 4.03. The van der Waals surface area contributed by atoms with Crippen LogP contribution in [0, 0.1) is 17.2 Å². The third kappa shape index (κ3) is 2.12. The van der Waals surface area contributed by atoms with Crippen molar-refractivity contribution in [1.82, 2.24) is 0 Å². The molecule has 0 bridgehead atoms. The number of halogens is 1. The molecule has 0 spiro atoms. The van der Waals surface area contributed by atoms with E-state index in [1.54, 1.807) is 12.1 Å². The number of nitrogens with two attached hydrogens (primary N) is 1. The maximum Gasteiger partial charge on any atom is 0.123 e. The van der Waals surface area contributed by atoms with Crippen LogP contribution < -0.4 is 5.73 Å². The Morgan fingerprint density at radius 3 is 2.81 bits per heavy atom. The number of benzene rings is 1. The van der Waals surface area contributed by atoms with Gasteiger partial charge in [-0.05, 0) is 60.4 Å². The van der Waals surface area contributed by atoms with Crippen molar-refractivity contribution in [1.29, 1.82) is 0 Å². The van der Waals surface area contributed by atoms with E-state index in [1.165, 1.54) is 17.5 Å². The Kier molecular flexibility index (Phi) is 3.02. The minimum Gasteiger partial charge on any atom is -0.330 e. The molecule has 0 aliphatic heterocycles. The van der Waals surface area contributed by atoms with Gasteiger partial charge >= 0.3 is 0 Å². The molecule has 1 aromatic rings. The van der Waals surface area contributed by atoms with E-state index in [0.717, 1.165) is 12.8 Å². The summed E-state index contributed by atoms with van der Waals surface area (Å²) in [5.74, 6) is 0.455. The summed E-state index contributed by atoms with van der Waals surface area (Å²) in [5, 5.41) is 0. The Bertz CT molecular complexity index is 384. The van der Waals surface area contributed by atoms with Crippen molar-refractivity contribution in [3.63, 3.8) is 0 Å². The summed E-state index contributed by atoms with van der Waals surface area (Å²) in [5.41, 5.74) is 8.46. The summed E-state index contributed by atoms with van der Waals surface area (Å²) < 4.78 is 13.2. The number of hydrogen-bond donors (Lipinski definition) is 1. The first kappa shape index (κ1) is 11.6. The molecule has 88 valence electrons. The average Bonchev–Trinajstić information content (AvgIpc) is 2.28. The molecule has 2 rings (SSSR count). The smallest absolute Gasteiger partial charge is 0.123 e. The highest BCUT2D eigenvalue weighted by molar-refractivity contribution is 5.30. The highest BCUT2D eigenvalue weighted by Gasteiger charge is 2.31. The van der Waals surface area contributed by atoms with Crippen LogP contribution in [0.2, 0.25) is 0 Å². The largest absolute Gasteiger partial charge is 0.330 e. The number of rotatable bonds is 2. The molecule has 1 aliphatic carbocycles. The van der Waals surface area contributed by atoms with Crippen LogP contribution in [-0.4, -0.2) is 6.54 Å². The molecule has 0 saturated heterocycles. The van der Waals surface area contributed by atoms with Crippen LogP contribution in [0.4, 0.5) is 4.39 Å². The monoisotopic (exact) mass is 221 g/mol. The molecule has 1 unspecified atom stereocenters. The van der Waals surface area contributed by atoms with E-state index in [9.17, 15) is 4.39 Å². The molecule has 0 heterocycles. The van der Waals surface area contributed by atoms with Crippen LogP contribution >= 0.6 is 0 Å². The van der Waals surface area contributed by atoms with Crippen LogP contribution in [0.1, 0.15) is 31.4 Å². The fourth-order valence-electron chi connectivity index (χ4n) is 2.56. The van der Waals surface area contributed by atoms with Crippen LogP contribution in [-0.2, 0) is 12.8 Å². The average molecular weight is 221 g/mol. The Balaban J connectivity index is 2.23. The van der Waals surface area contributed by atoms with Crippen LogP contribution in [0.3, 0.4) is 0 Å². The second-order valence-corrected chi connectivity index (χ2v) is 5.55. The minimum atomic E-state index is -0.120. The Morgan fingerprint density at radius 1 is 1.38 bits per heavy atom. The molecule has 0 saturated carbocycles. The highest BCUT2D eigenvalue weighted by atomic mass is 19.1. The second-order valence-electron chi connectivity index (χ2n) is 5.55. The fraction of sp³-hybridized carbons (Fsp3) is 0.571. The summed E-state index contributed by atoms with van der Waals surface area (Å²) >= 11 is 0. The van der Waals surface area contributed by atoms with Crippen LogP contribution in [0.25, 0.3) is 0 Å². The first-order valence-corrected chi connectivity index (χ1v) is 6.00. The molecule has 1 atom stereocenters. The van der Waals surface area contributed by atoms with Crippen molar-refractivity contribution in [2.45, 2.75) is 33.1 Å². The summed E-state index contributed by atoms with van der Waals surface area (Å²) in [6.45, 7) is 5.12. The van der Waals surface area contributed by atoms with Gasteiger partial charge in [-0.25, -0.2) is 4.39 Å². The van der Waals surface area contributed by atoms with Crippen molar-refractivity contribution >= 4 is 0 Å². The zero-order valence-electron chi connectivity index (χ0n) is 10.1. The predicted molar refractivity (Wildman–Crippen MR) is 64.8 cm³/mol. The van der Waals surface area contributed by atoms with Crippen molar-refractivity contribution < 1.29 is 4.39 Å². The number of aryl methyl sites for hydroxylation is 1. The van der Waals surface area contributed by atoms with E-state index in [2.05, 4.69) is 13.8 Å². The SMILES string of the molecule is CC(C)(CN)C1CCc2ccc(F)cc2C1. The lowest BCUT2D eigenvalue weighted by Crippen LogP contribution is -2.35. The lowest BCUT2D eigenvalue weighted by Gasteiger charge is -2.37. The summed E-state index contributed by atoms with van der Waals surface area (Å²) in [7, 11) is 0. The van der Waals surface area contributed by atoms with E-state index in [1.807, 2.05) is 6.07 Å². The van der Waals surface area contributed by atoms with Crippen molar-refractivity contribution in [2.24, 2.45) is 17.1 Å². The first-order chi connectivity index (χ1) is 7.53. The van der Waals surface area contributed by atoms with Gasteiger partial charge in [0.15, 0.2) is 0 Å². The second kappa shape index (κ2) is 4.17. The normalized spacial score (nSPS) is 20.6. The molecule has 1 aliphatic rings. The lowest BCUT2D eigenvalue weighted by molar-refractivity contribution is 0.199. The molecule has 0 aromatic heterocycles. The van der Waals surface area contributed by atoms with Gasteiger partial charge in [0.25, 0.3) is 0 Å². The highest BCUT2D eigenvalue weighted by Crippen LogP contribution is 2.37. The molecule has 0 radical (unpaired) electrons. The maximum absolute atomic E-state index is 13.2. The van der Waals surface area contributed by atoms with Gasteiger partial charge in [-0.1, -0.05) is 19.9 Å². The molecule has 1 aromatic carbocycles. The molecule has 0 fully saturated rings. The van der Waals surface area contributed by atoms with Gasteiger partial charge in [-0.3, -0.25) is 0 Å². The van der Waals surface area contributed by atoms with E-state index >= 15 is 0 Å². The molecule has 2 heteroatoms. The molecule has 0 amide bonds. The quantitative estimate of drug-likeness (QED) is 0.816. The predicted octanol–water partition coefficient (Wildman–Crippen LogP) is 2.92. The lowest BCUT2D eigenvalue weighted by atomic mass is 9.69. The Hall–Kier alpha value is -0.890. The summed E-state index contributed by atoms with van der Waals surface area (Å²) in [4.78, 5) is 0. The zero-order chi connectivity index (χ0) is 11.8. The zero-order valence-corrected chi connectivity index (χ0v) is 10.1. The first-order valence-electron chi connectivity index (χ1n) is 6.00. The summed E-state index contributed by atoms with van der Waals surface area (Å²) in [6.07, 6.45) is 3.20. The molecular weight excluding hydrogens is 201 g/mol. The van der Waals surface area contributed by atoms with Gasteiger partial charge in [-0.2, -0.15) is 0 Å². The Morgan fingerprint density at radius 2 is 2.12 bits per heavy atom. The van der Waals surface area contributed by atoms with E-state index in [0.29, 0.717) is 12.5 Å². The van der Waals surface area contributed by atoms with Crippen molar-refractivity contribution in [2.75, 3.05) is 6.54 Å². The summed E-state index contributed by atoms with van der Waals surface area (Å²) in [6, 6.07) is 5.18. The number of hydrogen-bond acceptors (Lipinski definition) is 1. The molecule has 2 N–H and O–H groups in total. The van der Waals surface area contributed by atoms with Gasteiger partial charge in [-0.15, -0.1) is 0 Å². The standard InChI is InChI=1S/C14H20FN/c1-14(2,9-16)12-5-3-10-4-6-13(15)8-11(10)7-12/h4,6,8,12H,3,5,7,9,16H2,1-2H3. The van der Waals surface area contributed by atoms with Gasteiger partial charge in [0.2, 0.25) is 0 Å². The van der Waals surface area contributed by atoms with Gasteiger partial charge in [0.05, 0.1) is 0 Å². The van der Waals surface area contributed by atoms with Crippen LogP contribution in [0.5, 0.6) is 0 Å². The maximum atomic E-state index is 13.2. The molecule has 16 heavy (non-hydrogen) atoms. The van der Waals surface area contributed by atoms with Crippen molar-refractivity contribution in [3.05, 3.63) is 35.1 Å². The minimum absolute atomic E-state index is 0.120. The Labute approximate surface area is 96.9 Å². The van der Waals surface area contributed by atoms with E-state index < -0.39 is 0 Å². The third-order valence-electron chi connectivity index (χ3n) is 4.03. The molecule has 1 nitrogen and oxygen atoms in total. The van der Waals surface area contributed by atoms with Gasteiger partial charge in [0.1, 0.15) is 5.82 Å². The topological polar surface area (TPSA) is 26.0 Å². The van der Waals surface area contributed by atoms with E-state index in [-0.39, 0.29) is 11.2 Å². The van der Waals surface area contributed by atoms with Crippen molar-refractivity contribution in [3.8, 4) is 0 Å². The van der Waals surface area contributed by atoms with Gasteiger partial charge in [0, 0.05) is 0 Å². The fourth-order valence-corrected chi connectivity index (χ4v) is 2.56. The number of fused-ring (bicyclic) bond motifs is 1. The van der Waals surface area contributed by atoms with Gasteiger partial charge < -0.3 is 5.73 Å². The van der Waals surface area contributed by atoms with Crippen LogP contribution in [0.15, 0.2) is 18.2 Å².